The zero-order chi connectivity index (χ0) is 19.0. The maximum atomic E-state index is 13.9. The number of rotatable bonds is 5. The molecule has 1 saturated heterocycles. The van der Waals surface area contributed by atoms with Gasteiger partial charge in [0.05, 0.1) is 11.8 Å². The maximum absolute atomic E-state index is 13.9. The number of hydrogen-bond acceptors (Lipinski definition) is 3. The minimum atomic E-state index is -0.207. The third-order valence-electron chi connectivity index (χ3n) is 5.59. The number of methoxy groups -OCH3 is 1. The lowest BCUT2D eigenvalue weighted by atomic mass is 10.1. The molecule has 1 aliphatic heterocycles. The number of carbonyl (C=O) groups is 1. The Bertz CT molecular complexity index is 959. The van der Waals surface area contributed by atoms with Crippen LogP contribution in [0.15, 0.2) is 29.0 Å². The molecule has 0 saturated carbocycles. The van der Waals surface area contributed by atoms with Gasteiger partial charge in [-0.1, -0.05) is 0 Å². The number of likely N-dealkylation sites (tertiary alicyclic amines) is 1. The number of halogens is 1. The predicted octanol–water partition coefficient (Wildman–Crippen LogP) is 2.39. The molecular formula is C20H24FN3O3. The summed E-state index contributed by atoms with van der Waals surface area (Å²) in [7, 11) is 1.67. The van der Waals surface area contributed by atoms with Gasteiger partial charge in [-0.15, -0.1) is 0 Å². The second kappa shape index (κ2) is 7.31. The highest BCUT2D eigenvalue weighted by atomic mass is 19.1. The van der Waals surface area contributed by atoms with E-state index in [4.69, 9.17) is 4.74 Å². The lowest BCUT2D eigenvalue weighted by molar-refractivity contribution is -0.130. The number of hydrogen-bond donors (Lipinski definition) is 0. The minimum absolute atomic E-state index is 0.0851. The lowest BCUT2D eigenvalue weighted by Crippen LogP contribution is -2.31. The van der Waals surface area contributed by atoms with Gasteiger partial charge < -0.3 is 18.6 Å². The molecule has 1 fully saturated rings. The third kappa shape index (κ3) is 3.32. The summed E-state index contributed by atoms with van der Waals surface area (Å²) in [5.41, 5.74) is 2.03. The van der Waals surface area contributed by atoms with E-state index in [0.717, 1.165) is 18.7 Å². The molecule has 7 heteroatoms. The number of fused-ring (bicyclic) bond motifs is 3. The fourth-order valence-electron chi connectivity index (χ4n) is 4.10. The number of carbonyl (C=O) groups excluding carboxylic acids is 1. The second-order valence-corrected chi connectivity index (χ2v) is 7.23. The highest BCUT2D eigenvalue weighted by Gasteiger charge is 2.26. The van der Waals surface area contributed by atoms with Crippen LogP contribution in [0.3, 0.4) is 0 Å². The van der Waals surface area contributed by atoms with Crippen molar-refractivity contribution in [3.63, 3.8) is 0 Å². The highest BCUT2D eigenvalue weighted by Crippen LogP contribution is 2.25. The Morgan fingerprint density at radius 2 is 2.22 bits per heavy atom. The lowest BCUT2D eigenvalue weighted by Gasteiger charge is -2.21. The number of aromatic nitrogens is 2. The van der Waals surface area contributed by atoms with Crippen LogP contribution in [0.2, 0.25) is 0 Å². The largest absolute Gasteiger partial charge is 0.380 e. The van der Waals surface area contributed by atoms with E-state index in [1.165, 1.54) is 6.08 Å². The molecule has 1 unspecified atom stereocenters. The van der Waals surface area contributed by atoms with Crippen molar-refractivity contribution in [1.82, 2.24) is 13.9 Å². The van der Waals surface area contributed by atoms with Gasteiger partial charge in [0.15, 0.2) is 0 Å². The Labute approximate surface area is 156 Å². The molecule has 1 atom stereocenters. The van der Waals surface area contributed by atoms with Crippen molar-refractivity contribution in [3.05, 3.63) is 45.9 Å². The summed E-state index contributed by atoms with van der Waals surface area (Å²) >= 11 is 0. The Hall–Kier alpha value is -2.41. The second-order valence-electron chi connectivity index (χ2n) is 7.23. The zero-order valence-electron chi connectivity index (χ0n) is 15.5. The van der Waals surface area contributed by atoms with E-state index < -0.39 is 0 Å². The molecule has 1 amide bonds. The van der Waals surface area contributed by atoms with Gasteiger partial charge in [0.2, 0.25) is 5.91 Å². The monoisotopic (exact) mass is 373 g/mol. The minimum Gasteiger partial charge on any atom is -0.380 e. The molecular weight excluding hydrogens is 349 g/mol. The van der Waals surface area contributed by atoms with Crippen LogP contribution in [0.1, 0.15) is 37.1 Å². The molecule has 27 heavy (non-hydrogen) atoms. The first-order valence-electron chi connectivity index (χ1n) is 9.48. The Morgan fingerprint density at radius 1 is 1.37 bits per heavy atom. The quantitative estimate of drug-likeness (QED) is 0.809. The average Bonchev–Trinajstić information content (AvgIpc) is 3.33. The summed E-state index contributed by atoms with van der Waals surface area (Å²) in [6.07, 6.45) is 6.13. The summed E-state index contributed by atoms with van der Waals surface area (Å²) in [5.74, 6) is -0.122. The Kier molecular flexibility index (Phi) is 4.86. The van der Waals surface area contributed by atoms with Crippen LogP contribution < -0.4 is 5.56 Å². The normalized spacial score (nSPS) is 19.4. The van der Waals surface area contributed by atoms with Gasteiger partial charge in [-0.05, 0) is 37.5 Å². The van der Waals surface area contributed by atoms with Gasteiger partial charge in [-0.25, -0.2) is 4.39 Å². The van der Waals surface area contributed by atoms with Crippen LogP contribution in [0, 0.1) is 0 Å². The Morgan fingerprint density at radius 3 is 3.00 bits per heavy atom. The first-order valence-corrected chi connectivity index (χ1v) is 9.48. The molecule has 0 spiro atoms. The molecule has 2 aliphatic rings. The van der Waals surface area contributed by atoms with E-state index >= 15 is 0 Å². The first-order chi connectivity index (χ1) is 13.1. The van der Waals surface area contributed by atoms with Crippen LogP contribution in [0.25, 0.3) is 11.6 Å². The van der Waals surface area contributed by atoms with Crippen LogP contribution >= 0.6 is 0 Å². The number of nitrogens with zero attached hydrogens (tertiary/aromatic N) is 3. The fourth-order valence-corrected chi connectivity index (χ4v) is 4.10. The molecule has 2 aromatic rings. The van der Waals surface area contributed by atoms with Crippen LogP contribution in [0.4, 0.5) is 4.39 Å². The number of ether oxygens (including phenoxy) is 1. The van der Waals surface area contributed by atoms with E-state index in [0.29, 0.717) is 50.0 Å². The van der Waals surface area contributed by atoms with Crippen molar-refractivity contribution in [1.29, 1.82) is 0 Å². The summed E-state index contributed by atoms with van der Waals surface area (Å²) < 4.78 is 22.7. The number of allylic oxidation sites excluding steroid dienone is 1. The van der Waals surface area contributed by atoms with E-state index in [2.05, 4.69) is 0 Å². The van der Waals surface area contributed by atoms with Gasteiger partial charge in [0, 0.05) is 51.5 Å². The summed E-state index contributed by atoms with van der Waals surface area (Å²) in [5, 5.41) is 0. The van der Waals surface area contributed by atoms with E-state index in [-0.39, 0.29) is 23.4 Å². The van der Waals surface area contributed by atoms with Crippen molar-refractivity contribution in [2.75, 3.05) is 20.2 Å². The van der Waals surface area contributed by atoms with Crippen LogP contribution in [0.5, 0.6) is 0 Å². The van der Waals surface area contributed by atoms with E-state index in [9.17, 15) is 14.0 Å². The SMILES string of the molecule is COC1CCN(C(=O)CCCn2c3c(n4cccc4c2=O)CCC(F)=C3)C1. The van der Waals surface area contributed by atoms with Crippen LogP contribution in [-0.4, -0.2) is 46.1 Å². The first kappa shape index (κ1) is 18.0. The molecule has 0 radical (unpaired) electrons. The summed E-state index contributed by atoms with van der Waals surface area (Å²) in [6, 6.07) is 3.62. The van der Waals surface area contributed by atoms with Gasteiger partial charge in [0.1, 0.15) is 11.3 Å². The molecule has 3 heterocycles. The summed E-state index contributed by atoms with van der Waals surface area (Å²) in [6.45, 7) is 1.76. The van der Waals surface area contributed by atoms with Crippen molar-refractivity contribution in [3.8, 4) is 0 Å². The average molecular weight is 373 g/mol. The van der Waals surface area contributed by atoms with Gasteiger partial charge in [0.25, 0.3) is 5.56 Å². The van der Waals surface area contributed by atoms with Gasteiger partial charge in [-0.2, -0.15) is 0 Å². The van der Waals surface area contributed by atoms with E-state index in [1.54, 1.807) is 17.7 Å². The van der Waals surface area contributed by atoms with Crippen molar-refractivity contribution in [2.24, 2.45) is 0 Å². The molecule has 1 aliphatic carbocycles. The topological polar surface area (TPSA) is 55.9 Å². The fraction of sp³-hybridized carbons (Fsp3) is 0.500. The van der Waals surface area contributed by atoms with Crippen molar-refractivity contribution >= 4 is 17.5 Å². The highest BCUT2D eigenvalue weighted by molar-refractivity contribution is 5.76. The van der Waals surface area contributed by atoms with Crippen molar-refractivity contribution < 1.29 is 13.9 Å². The summed E-state index contributed by atoms with van der Waals surface area (Å²) in [4.78, 5) is 27.1. The molecule has 0 N–H and O–H groups in total. The smallest absolute Gasteiger partial charge is 0.275 e. The Balaban J connectivity index is 1.53. The standard InChI is InChI=1S/C20H24FN3O3/c1-27-15-8-11-22(13-15)19(25)5-3-10-24-18-12-14(21)6-7-16(18)23-9-2-4-17(23)20(24)26/h2,4,9,12,15H,3,5-8,10-11,13H2,1H3. The molecule has 6 nitrogen and oxygen atoms in total. The van der Waals surface area contributed by atoms with Gasteiger partial charge >= 0.3 is 0 Å². The predicted molar refractivity (Wildman–Crippen MR) is 100 cm³/mol. The van der Waals surface area contributed by atoms with E-state index in [1.807, 2.05) is 21.6 Å². The maximum Gasteiger partial charge on any atom is 0.275 e. The van der Waals surface area contributed by atoms with Gasteiger partial charge in [-0.3, -0.25) is 9.59 Å². The number of aryl methyl sites for hydroxylation is 1. The molecule has 2 aromatic heterocycles. The number of amides is 1. The zero-order valence-corrected chi connectivity index (χ0v) is 15.5. The third-order valence-corrected chi connectivity index (χ3v) is 5.59. The molecule has 0 bridgehead atoms. The molecule has 144 valence electrons. The van der Waals surface area contributed by atoms with Crippen molar-refractivity contribution in [2.45, 2.75) is 44.8 Å². The molecule has 0 aromatic carbocycles. The molecule has 4 rings (SSSR count). The van der Waals surface area contributed by atoms with Crippen LogP contribution in [-0.2, 0) is 22.5 Å².